The third-order valence-electron chi connectivity index (χ3n) is 3.15. The SMILES string of the molecule is Nc1nc(=S)nc(-c2cc3c(s2)CCCCC3)[nH]1. The molecule has 0 atom stereocenters. The van der Waals surface area contributed by atoms with Crippen molar-refractivity contribution < 1.29 is 0 Å². The number of thiophene rings is 1. The molecule has 94 valence electrons. The Morgan fingerprint density at radius 1 is 1.22 bits per heavy atom. The number of nitrogen functional groups attached to an aromatic ring is 1. The number of nitrogens with two attached hydrogens (primary N) is 1. The molecule has 0 radical (unpaired) electrons. The minimum atomic E-state index is 0.296. The van der Waals surface area contributed by atoms with Crippen molar-refractivity contribution in [3.63, 3.8) is 0 Å². The van der Waals surface area contributed by atoms with Crippen LogP contribution in [0.15, 0.2) is 6.07 Å². The Bertz CT molecular complexity index is 606. The number of aromatic amines is 1. The third-order valence-corrected chi connectivity index (χ3v) is 4.58. The Hall–Kier alpha value is -1.27. The molecule has 4 nitrogen and oxygen atoms in total. The second kappa shape index (κ2) is 4.78. The van der Waals surface area contributed by atoms with Gasteiger partial charge in [-0.1, -0.05) is 6.42 Å². The maximum absolute atomic E-state index is 5.68. The van der Waals surface area contributed by atoms with Gasteiger partial charge in [0.05, 0.1) is 4.88 Å². The first-order chi connectivity index (χ1) is 8.72. The van der Waals surface area contributed by atoms with Crippen LogP contribution in [-0.4, -0.2) is 15.0 Å². The third kappa shape index (κ3) is 2.30. The lowest BCUT2D eigenvalue weighted by Gasteiger charge is -1.98. The predicted molar refractivity (Wildman–Crippen MR) is 76.2 cm³/mol. The lowest BCUT2D eigenvalue weighted by molar-refractivity contribution is 0.712. The van der Waals surface area contributed by atoms with Gasteiger partial charge in [0.15, 0.2) is 5.82 Å². The quantitative estimate of drug-likeness (QED) is 0.621. The molecule has 0 bridgehead atoms. The van der Waals surface area contributed by atoms with Gasteiger partial charge in [-0.25, -0.2) is 0 Å². The summed E-state index contributed by atoms with van der Waals surface area (Å²) in [5.74, 6) is 1.07. The fourth-order valence-electron chi connectivity index (χ4n) is 2.30. The summed E-state index contributed by atoms with van der Waals surface area (Å²) >= 11 is 6.80. The Morgan fingerprint density at radius 3 is 2.89 bits per heavy atom. The molecular formula is C12H14N4S2. The summed E-state index contributed by atoms with van der Waals surface area (Å²) in [7, 11) is 0. The lowest BCUT2D eigenvalue weighted by Crippen LogP contribution is -1.98. The first kappa shape index (κ1) is 11.8. The van der Waals surface area contributed by atoms with Gasteiger partial charge >= 0.3 is 0 Å². The number of hydrogen-bond donors (Lipinski definition) is 2. The molecule has 2 aromatic heterocycles. The van der Waals surface area contributed by atoms with E-state index in [1.54, 1.807) is 11.3 Å². The van der Waals surface area contributed by atoms with Crippen molar-refractivity contribution in [3.8, 4) is 10.7 Å². The standard InChI is InChI=1S/C12H14N4S2/c13-11-14-10(15-12(17)16-11)9-6-7-4-2-1-3-5-8(7)18-9/h6H,1-5H2,(H3,13,14,15,16,17). The molecule has 6 heteroatoms. The minimum Gasteiger partial charge on any atom is -0.369 e. The van der Waals surface area contributed by atoms with E-state index in [0.29, 0.717) is 10.7 Å². The van der Waals surface area contributed by atoms with Crippen LogP contribution in [0.25, 0.3) is 10.7 Å². The van der Waals surface area contributed by atoms with Crippen molar-refractivity contribution >= 4 is 29.5 Å². The highest BCUT2D eigenvalue weighted by Gasteiger charge is 2.14. The monoisotopic (exact) mass is 278 g/mol. The molecule has 18 heavy (non-hydrogen) atoms. The molecule has 0 aliphatic heterocycles. The largest absolute Gasteiger partial charge is 0.369 e. The molecule has 0 spiro atoms. The molecule has 1 aliphatic rings. The van der Waals surface area contributed by atoms with Crippen LogP contribution in [0, 0.1) is 4.77 Å². The van der Waals surface area contributed by atoms with Gasteiger partial charge in [-0.2, -0.15) is 9.97 Å². The number of nitrogens with zero attached hydrogens (tertiary/aromatic N) is 2. The van der Waals surface area contributed by atoms with Gasteiger partial charge in [0.1, 0.15) is 0 Å². The molecule has 0 unspecified atom stereocenters. The van der Waals surface area contributed by atoms with Gasteiger partial charge in [0.2, 0.25) is 10.7 Å². The Kier molecular flexibility index (Phi) is 3.13. The predicted octanol–water partition coefficient (Wildman–Crippen LogP) is 3.11. The molecule has 0 amide bonds. The van der Waals surface area contributed by atoms with Crippen LogP contribution in [0.1, 0.15) is 29.7 Å². The van der Waals surface area contributed by atoms with E-state index in [1.807, 2.05) is 0 Å². The molecule has 0 aromatic carbocycles. The van der Waals surface area contributed by atoms with Crippen LogP contribution in [0.2, 0.25) is 0 Å². The summed E-state index contributed by atoms with van der Waals surface area (Å²) in [6.07, 6.45) is 6.26. The van der Waals surface area contributed by atoms with Crippen LogP contribution in [0.5, 0.6) is 0 Å². The maximum atomic E-state index is 5.68. The van der Waals surface area contributed by atoms with Gasteiger partial charge in [-0.3, -0.25) is 0 Å². The van der Waals surface area contributed by atoms with Crippen molar-refractivity contribution in [2.24, 2.45) is 0 Å². The number of H-pyrrole nitrogens is 1. The summed E-state index contributed by atoms with van der Waals surface area (Å²) in [5, 5.41) is 0. The van der Waals surface area contributed by atoms with Crippen LogP contribution >= 0.6 is 23.6 Å². The molecule has 1 aliphatic carbocycles. The van der Waals surface area contributed by atoms with E-state index < -0.39 is 0 Å². The first-order valence-corrected chi connectivity index (χ1v) is 7.30. The van der Waals surface area contributed by atoms with E-state index in [-0.39, 0.29) is 0 Å². The van der Waals surface area contributed by atoms with Crippen molar-refractivity contribution in [2.45, 2.75) is 32.1 Å². The highest BCUT2D eigenvalue weighted by molar-refractivity contribution is 7.71. The van der Waals surface area contributed by atoms with Gasteiger partial charge < -0.3 is 10.7 Å². The van der Waals surface area contributed by atoms with E-state index >= 15 is 0 Å². The number of fused-ring (bicyclic) bond motifs is 1. The Morgan fingerprint density at radius 2 is 2.06 bits per heavy atom. The van der Waals surface area contributed by atoms with Crippen LogP contribution in [0.4, 0.5) is 5.95 Å². The van der Waals surface area contributed by atoms with Crippen LogP contribution < -0.4 is 5.73 Å². The molecule has 0 saturated heterocycles. The zero-order valence-electron chi connectivity index (χ0n) is 9.90. The smallest absolute Gasteiger partial charge is 0.224 e. The van der Waals surface area contributed by atoms with Gasteiger partial charge in [-0.05, 0) is 49.5 Å². The van der Waals surface area contributed by atoms with Crippen molar-refractivity contribution in [1.29, 1.82) is 0 Å². The van der Waals surface area contributed by atoms with E-state index in [0.717, 1.165) is 10.7 Å². The summed E-state index contributed by atoms with van der Waals surface area (Å²) in [6, 6.07) is 2.22. The molecule has 2 heterocycles. The van der Waals surface area contributed by atoms with Crippen LogP contribution in [0.3, 0.4) is 0 Å². The fraction of sp³-hybridized carbons (Fsp3) is 0.417. The molecule has 3 rings (SSSR count). The number of nitrogens with one attached hydrogen (secondary N) is 1. The normalized spacial score (nSPS) is 15.1. The summed E-state index contributed by atoms with van der Waals surface area (Å²) < 4.78 is 0.296. The molecule has 3 N–H and O–H groups in total. The lowest BCUT2D eigenvalue weighted by atomic mass is 10.1. The summed E-state index contributed by atoms with van der Waals surface area (Å²) in [4.78, 5) is 13.7. The zero-order valence-corrected chi connectivity index (χ0v) is 11.5. The number of rotatable bonds is 1. The van der Waals surface area contributed by atoms with Crippen LogP contribution in [-0.2, 0) is 12.8 Å². The fourth-order valence-corrected chi connectivity index (χ4v) is 3.69. The summed E-state index contributed by atoms with van der Waals surface area (Å²) in [6.45, 7) is 0. The number of hydrogen-bond acceptors (Lipinski definition) is 5. The average Bonchev–Trinajstić information content (AvgIpc) is 2.60. The van der Waals surface area contributed by atoms with E-state index in [9.17, 15) is 0 Å². The minimum absolute atomic E-state index is 0.296. The van der Waals surface area contributed by atoms with Crippen molar-refractivity contribution in [2.75, 3.05) is 5.73 Å². The van der Waals surface area contributed by atoms with Crippen molar-refractivity contribution in [1.82, 2.24) is 15.0 Å². The number of anilines is 1. The Labute approximate surface area is 114 Å². The van der Waals surface area contributed by atoms with Gasteiger partial charge in [0.25, 0.3) is 0 Å². The second-order valence-electron chi connectivity index (χ2n) is 4.48. The number of aromatic nitrogens is 3. The first-order valence-electron chi connectivity index (χ1n) is 6.08. The maximum Gasteiger partial charge on any atom is 0.224 e. The van der Waals surface area contributed by atoms with Gasteiger partial charge in [0, 0.05) is 4.88 Å². The zero-order chi connectivity index (χ0) is 12.5. The van der Waals surface area contributed by atoms with Gasteiger partial charge in [-0.15, -0.1) is 11.3 Å². The molecule has 0 fully saturated rings. The molecular weight excluding hydrogens is 264 g/mol. The summed E-state index contributed by atoms with van der Waals surface area (Å²) in [5.41, 5.74) is 7.14. The highest BCUT2D eigenvalue weighted by Crippen LogP contribution is 2.33. The average molecular weight is 278 g/mol. The highest BCUT2D eigenvalue weighted by atomic mass is 32.1. The number of aryl methyl sites for hydroxylation is 2. The van der Waals surface area contributed by atoms with E-state index in [4.69, 9.17) is 18.0 Å². The van der Waals surface area contributed by atoms with E-state index in [2.05, 4.69) is 21.0 Å². The topological polar surface area (TPSA) is 67.6 Å². The second-order valence-corrected chi connectivity index (χ2v) is 5.99. The Balaban J connectivity index is 2.04. The molecule has 2 aromatic rings. The van der Waals surface area contributed by atoms with Crippen molar-refractivity contribution in [3.05, 3.63) is 21.3 Å². The molecule has 0 saturated carbocycles. The van der Waals surface area contributed by atoms with E-state index in [1.165, 1.54) is 42.5 Å².